The molecule has 0 aliphatic heterocycles. The number of quaternary nitrogens is 1. The normalized spacial score (nSPS) is 10.6. The fourth-order valence-corrected chi connectivity index (χ4v) is 3.81. The molecule has 3 aromatic rings. The van der Waals surface area contributed by atoms with E-state index in [1.807, 2.05) is 25.1 Å². The van der Waals surface area contributed by atoms with Crippen molar-refractivity contribution < 1.29 is 23.9 Å². The van der Waals surface area contributed by atoms with E-state index in [9.17, 15) is 14.7 Å². The van der Waals surface area contributed by atoms with Gasteiger partial charge in [0.2, 0.25) is 0 Å². The van der Waals surface area contributed by atoms with Gasteiger partial charge in [-0.05, 0) is 31.5 Å². The van der Waals surface area contributed by atoms with E-state index >= 15 is 0 Å². The fraction of sp³-hybridized carbons (Fsp3) is 0.241. The molecule has 1 N–H and O–H groups in total. The number of carbonyl (C=O) groups excluding carboxylic acids is 2. The number of hydrogen-bond donors (Lipinski definition) is 1. The van der Waals surface area contributed by atoms with Gasteiger partial charge < -0.3 is 24.4 Å². The third kappa shape index (κ3) is 9.57. The van der Waals surface area contributed by atoms with Crippen LogP contribution in [0.15, 0.2) is 78.9 Å². The average molecular weight is 543 g/mol. The minimum atomic E-state index is -1.26. The van der Waals surface area contributed by atoms with Gasteiger partial charge in [0.15, 0.2) is 0 Å². The second kappa shape index (κ2) is 13.8. The molecule has 0 bridgehead atoms. The first-order chi connectivity index (χ1) is 17.4. The first kappa shape index (κ1) is 29.9. The van der Waals surface area contributed by atoms with Crippen LogP contribution in [0.1, 0.15) is 28.4 Å². The third-order valence-electron chi connectivity index (χ3n) is 5.42. The highest BCUT2D eigenvalue weighted by molar-refractivity contribution is 6.39. The highest BCUT2D eigenvalue weighted by Gasteiger charge is 2.17. The summed E-state index contributed by atoms with van der Waals surface area (Å²) in [6.07, 6.45) is 0. The van der Waals surface area contributed by atoms with E-state index in [4.69, 9.17) is 27.9 Å². The maximum absolute atomic E-state index is 11.3. The van der Waals surface area contributed by atoms with Crippen LogP contribution in [0.25, 0.3) is 0 Å². The molecule has 37 heavy (non-hydrogen) atoms. The number of carboxylic acid groups (broad SMARTS) is 1. The molecule has 0 atom stereocenters. The zero-order valence-corrected chi connectivity index (χ0v) is 23.0. The molecule has 6 nitrogen and oxygen atoms in total. The number of ether oxygens (including phenoxy) is 1. The Hall–Kier alpha value is -3.32. The first-order valence-corrected chi connectivity index (χ1v) is 12.4. The number of nitrogens with zero attached hydrogens (tertiary/aromatic N) is 1. The Kier molecular flexibility index (Phi) is 11.2. The number of nitrogens with one attached hydrogen (secondary N) is 1. The van der Waals surface area contributed by atoms with Gasteiger partial charge >= 0.3 is 5.97 Å². The molecule has 0 saturated carbocycles. The SMILES string of the molecule is C=C(C)C(=O)OCC[N+](C)(C)Cc1ccccc1.Cc1ccc(Cl)c(Nc2ccccc2C(=O)[O-])c1Cl. The molecule has 0 aliphatic rings. The molecular weight excluding hydrogens is 511 g/mol. The predicted octanol–water partition coefficient (Wildman–Crippen LogP) is 5.79. The van der Waals surface area contributed by atoms with Crippen LogP contribution in [0.4, 0.5) is 11.4 Å². The predicted molar refractivity (Wildman–Crippen MR) is 148 cm³/mol. The van der Waals surface area contributed by atoms with Crippen molar-refractivity contribution in [3.8, 4) is 0 Å². The first-order valence-electron chi connectivity index (χ1n) is 11.6. The molecule has 0 aromatic heterocycles. The van der Waals surface area contributed by atoms with Crippen LogP contribution in [-0.2, 0) is 16.1 Å². The quantitative estimate of drug-likeness (QED) is 0.210. The van der Waals surface area contributed by atoms with Gasteiger partial charge in [0, 0.05) is 22.4 Å². The van der Waals surface area contributed by atoms with E-state index in [2.05, 4.69) is 38.1 Å². The zero-order chi connectivity index (χ0) is 27.6. The molecule has 0 heterocycles. The Morgan fingerprint density at radius 3 is 2.24 bits per heavy atom. The summed E-state index contributed by atoms with van der Waals surface area (Å²) < 4.78 is 5.91. The number of halogens is 2. The van der Waals surface area contributed by atoms with Crippen molar-refractivity contribution in [1.29, 1.82) is 0 Å². The summed E-state index contributed by atoms with van der Waals surface area (Å²) in [7, 11) is 4.25. The Labute approximate surface area is 228 Å². The zero-order valence-electron chi connectivity index (χ0n) is 21.5. The van der Waals surface area contributed by atoms with Crippen molar-refractivity contribution in [3.05, 3.63) is 106 Å². The highest BCUT2D eigenvalue weighted by atomic mass is 35.5. The lowest BCUT2D eigenvalue weighted by Crippen LogP contribution is -2.41. The molecule has 8 heteroatoms. The van der Waals surface area contributed by atoms with E-state index in [1.165, 1.54) is 11.6 Å². The molecular formula is C29H32Cl2N2O4. The summed E-state index contributed by atoms with van der Waals surface area (Å²) >= 11 is 12.2. The highest BCUT2D eigenvalue weighted by Crippen LogP contribution is 2.35. The summed E-state index contributed by atoms with van der Waals surface area (Å²) in [5, 5.41) is 14.9. The van der Waals surface area contributed by atoms with Gasteiger partial charge in [-0.2, -0.15) is 0 Å². The number of aryl methyl sites for hydroxylation is 1. The van der Waals surface area contributed by atoms with Crippen molar-refractivity contribution >= 4 is 46.5 Å². The smallest absolute Gasteiger partial charge is 0.333 e. The van der Waals surface area contributed by atoms with Crippen molar-refractivity contribution in [3.63, 3.8) is 0 Å². The average Bonchev–Trinajstić information content (AvgIpc) is 2.85. The van der Waals surface area contributed by atoms with E-state index in [0.29, 0.717) is 33.6 Å². The molecule has 0 aliphatic carbocycles. The Morgan fingerprint density at radius 1 is 1.00 bits per heavy atom. The summed E-state index contributed by atoms with van der Waals surface area (Å²) in [6, 6.07) is 20.2. The molecule has 0 saturated heterocycles. The maximum atomic E-state index is 11.3. The Balaban J connectivity index is 0.000000261. The second-order valence-corrected chi connectivity index (χ2v) is 10.0. The van der Waals surface area contributed by atoms with Crippen LogP contribution >= 0.6 is 23.2 Å². The number of esters is 1. The minimum Gasteiger partial charge on any atom is -0.545 e. The largest absolute Gasteiger partial charge is 0.545 e. The van der Waals surface area contributed by atoms with Gasteiger partial charge in [0.1, 0.15) is 19.7 Å². The fourth-order valence-electron chi connectivity index (χ4n) is 3.34. The maximum Gasteiger partial charge on any atom is 0.333 e. The van der Waals surface area contributed by atoms with Crippen LogP contribution in [0, 0.1) is 6.92 Å². The van der Waals surface area contributed by atoms with Crippen molar-refractivity contribution in [1.82, 2.24) is 0 Å². The number of anilines is 2. The topological polar surface area (TPSA) is 78.5 Å². The Bertz CT molecular complexity index is 1240. The molecule has 0 amide bonds. The molecule has 3 rings (SSSR count). The number of benzene rings is 3. The number of likely N-dealkylation sites (N-methyl/N-ethyl adjacent to an activating group) is 1. The van der Waals surface area contributed by atoms with Crippen molar-refractivity contribution in [2.24, 2.45) is 0 Å². The molecule has 0 unspecified atom stereocenters. The lowest BCUT2D eigenvalue weighted by Gasteiger charge is -2.29. The number of rotatable bonds is 9. The van der Waals surface area contributed by atoms with Crippen LogP contribution < -0.4 is 10.4 Å². The summed E-state index contributed by atoms with van der Waals surface area (Å²) in [4.78, 5) is 22.3. The van der Waals surface area contributed by atoms with E-state index in [1.54, 1.807) is 37.3 Å². The van der Waals surface area contributed by atoms with E-state index in [0.717, 1.165) is 23.1 Å². The minimum absolute atomic E-state index is 0.0520. The van der Waals surface area contributed by atoms with E-state index < -0.39 is 5.97 Å². The molecule has 196 valence electrons. The van der Waals surface area contributed by atoms with E-state index in [-0.39, 0.29) is 11.5 Å². The lowest BCUT2D eigenvalue weighted by atomic mass is 10.1. The number of hydrogen-bond acceptors (Lipinski definition) is 5. The van der Waals surface area contributed by atoms with Gasteiger partial charge in [0.25, 0.3) is 0 Å². The monoisotopic (exact) mass is 542 g/mol. The number of para-hydroxylation sites is 1. The van der Waals surface area contributed by atoms with Crippen LogP contribution in [0.5, 0.6) is 0 Å². The Morgan fingerprint density at radius 2 is 1.62 bits per heavy atom. The summed E-state index contributed by atoms with van der Waals surface area (Å²) in [5.41, 5.74) is 3.50. The van der Waals surface area contributed by atoms with Gasteiger partial charge in [-0.3, -0.25) is 0 Å². The molecule has 0 radical (unpaired) electrons. The molecule has 0 fully saturated rings. The number of carboxylic acids is 1. The standard InChI is InChI=1S/C15H22NO2.C14H11Cl2NO2/c1-13(2)15(17)18-11-10-16(3,4)12-14-8-6-5-7-9-14;1-8-6-7-10(15)13(12(8)16)17-11-5-3-2-4-9(11)14(18)19/h5-9H,1,10-12H2,2-4H3;2-7,17H,1H3,(H,18,19)/q+1;/p-1. The summed E-state index contributed by atoms with van der Waals surface area (Å²) in [5.74, 6) is -1.57. The second-order valence-electron chi connectivity index (χ2n) is 9.23. The van der Waals surface area contributed by atoms with Crippen LogP contribution in [-0.4, -0.2) is 43.7 Å². The number of aromatic carboxylic acids is 1. The third-order valence-corrected chi connectivity index (χ3v) is 6.22. The van der Waals surface area contributed by atoms with Gasteiger partial charge in [0.05, 0.1) is 35.8 Å². The summed E-state index contributed by atoms with van der Waals surface area (Å²) in [6.45, 7) is 9.19. The molecule has 0 spiro atoms. The number of carbonyl (C=O) groups is 2. The van der Waals surface area contributed by atoms with Gasteiger partial charge in [-0.25, -0.2) is 4.79 Å². The van der Waals surface area contributed by atoms with Crippen molar-refractivity contribution in [2.75, 3.05) is 32.6 Å². The van der Waals surface area contributed by atoms with Crippen LogP contribution in [0.2, 0.25) is 10.0 Å². The van der Waals surface area contributed by atoms with Gasteiger partial charge in [-0.15, -0.1) is 0 Å². The molecule has 3 aromatic carbocycles. The van der Waals surface area contributed by atoms with Gasteiger partial charge in [-0.1, -0.05) is 84.4 Å². The van der Waals surface area contributed by atoms with Crippen molar-refractivity contribution in [2.45, 2.75) is 20.4 Å². The lowest BCUT2D eigenvalue weighted by molar-refractivity contribution is -0.903. The van der Waals surface area contributed by atoms with Crippen LogP contribution in [0.3, 0.4) is 0 Å².